The Hall–Kier alpha value is -3.89. The van der Waals surface area contributed by atoms with Gasteiger partial charge < -0.3 is 25.6 Å². The van der Waals surface area contributed by atoms with Crippen LogP contribution in [-0.2, 0) is 15.9 Å². The molecule has 0 amide bonds. The number of hydrogen-bond donors (Lipinski definition) is 3. The molecule has 2 aliphatic rings. The highest BCUT2D eigenvalue weighted by atomic mass is 19.1. The summed E-state index contributed by atoms with van der Waals surface area (Å²) in [6.45, 7) is 5.04. The Morgan fingerprint density at radius 1 is 1.29 bits per heavy atom. The van der Waals surface area contributed by atoms with Crippen LogP contribution in [0.5, 0.6) is 0 Å². The summed E-state index contributed by atoms with van der Waals surface area (Å²) in [4.78, 5) is 17.6. The fraction of sp³-hybridized carbons (Fsp3) is 0.357. The van der Waals surface area contributed by atoms with Gasteiger partial charge in [-0.25, -0.2) is 14.4 Å². The number of hydrogen-bond acceptors (Lipinski definition) is 9. The number of benzene rings is 1. The number of aliphatic imine (C=N–C) groups is 1. The van der Waals surface area contributed by atoms with Crippen molar-refractivity contribution < 1.29 is 19.0 Å². The van der Waals surface area contributed by atoms with E-state index in [0.29, 0.717) is 47.7 Å². The maximum absolute atomic E-state index is 15.4. The molecule has 0 saturated carbocycles. The number of aliphatic hydroxyl groups excluding tert-OH is 1. The second-order valence-corrected chi connectivity index (χ2v) is 9.60. The summed E-state index contributed by atoms with van der Waals surface area (Å²) in [5, 5.41) is 12.9. The number of allylic oxidation sites excluding steroid dienone is 2. The molecule has 3 heterocycles. The number of halogens is 1. The lowest BCUT2D eigenvalue weighted by Crippen LogP contribution is -2.37. The van der Waals surface area contributed by atoms with Crippen LogP contribution in [0.4, 0.5) is 15.9 Å². The standard InChI is InChI=1S/C28H31FN6O3/c1-16(12-36)32-11-19(10-30)18-8-24-26(25(9-18)38-17(2)20-13-37-14-20)28(34-15-33-24)35-23-6-5-22-21(27(23)29)4-3-7-31-22/h3-7,9-11,15-18,20,36H,8,12-14,30H2,1-2H3,(H,33,34,35)/b19-10+,32-11?/t16?,17-,18?/m1/s1. The minimum Gasteiger partial charge on any atom is -0.490 e. The minimum absolute atomic E-state index is 0.0589. The molecule has 1 aliphatic heterocycles. The molecule has 0 radical (unpaired) electrons. The third kappa shape index (κ3) is 5.23. The zero-order valence-corrected chi connectivity index (χ0v) is 21.3. The monoisotopic (exact) mass is 518 g/mol. The molecule has 3 atom stereocenters. The van der Waals surface area contributed by atoms with Gasteiger partial charge in [0.1, 0.15) is 24.0 Å². The third-order valence-corrected chi connectivity index (χ3v) is 6.91. The fourth-order valence-corrected chi connectivity index (χ4v) is 4.46. The summed E-state index contributed by atoms with van der Waals surface area (Å²) >= 11 is 0. The first-order valence-corrected chi connectivity index (χ1v) is 12.6. The van der Waals surface area contributed by atoms with Crippen molar-refractivity contribution in [1.82, 2.24) is 15.0 Å². The minimum atomic E-state index is -0.411. The molecule has 2 unspecified atom stereocenters. The van der Waals surface area contributed by atoms with Crippen molar-refractivity contribution in [1.29, 1.82) is 0 Å². The van der Waals surface area contributed by atoms with E-state index in [9.17, 15) is 5.11 Å². The molecule has 2 aromatic heterocycles. The Morgan fingerprint density at radius 3 is 2.87 bits per heavy atom. The number of fused-ring (bicyclic) bond motifs is 2. The van der Waals surface area contributed by atoms with Gasteiger partial charge in [-0.1, -0.05) is 0 Å². The number of nitrogens with one attached hydrogen (secondary N) is 1. The number of rotatable bonds is 9. The van der Waals surface area contributed by atoms with Crippen molar-refractivity contribution in [3.8, 4) is 0 Å². The van der Waals surface area contributed by atoms with Gasteiger partial charge in [0.05, 0.1) is 48.3 Å². The Bertz CT molecular complexity index is 1400. The maximum atomic E-state index is 15.4. The van der Waals surface area contributed by atoms with Crippen LogP contribution >= 0.6 is 0 Å². The van der Waals surface area contributed by atoms with Crippen LogP contribution in [0.3, 0.4) is 0 Å². The van der Waals surface area contributed by atoms with E-state index in [1.165, 1.54) is 12.5 Å². The van der Waals surface area contributed by atoms with Crippen molar-refractivity contribution in [3.63, 3.8) is 0 Å². The quantitative estimate of drug-likeness (QED) is 0.365. The normalized spacial score (nSPS) is 19.5. The number of nitrogens with zero attached hydrogens (tertiary/aromatic N) is 4. The predicted molar refractivity (Wildman–Crippen MR) is 144 cm³/mol. The summed E-state index contributed by atoms with van der Waals surface area (Å²) in [7, 11) is 0. The fourth-order valence-electron chi connectivity index (χ4n) is 4.46. The molecule has 1 fully saturated rings. The number of nitrogens with two attached hydrogens (primary N) is 1. The first-order chi connectivity index (χ1) is 18.5. The van der Waals surface area contributed by atoms with E-state index in [-0.39, 0.29) is 36.3 Å². The highest BCUT2D eigenvalue weighted by molar-refractivity contribution is 5.86. The highest BCUT2D eigenvalue weighted by Crippen LogP contribution is 2.38. The van der Waals surface area contributed by atoms with E-state index >= 15 is 4.39 Å². The zero-order chi connectivity index (χ0) is 26.6. The number of aliphatic hydroxyl groups is 1. The lowest BCUT2D eigenvalue weighted by Gasteiger charge is -2.34. The van der Waals surface area contributed by atoms with Gasteiger partial charge in [0.25, 0.3) is 0 Å². The van der Waals surface area contributed by atoms with E-state index in [0.717, 1.165) is 11.3 Å². The molecule has 1 saturated heterocycles. The van der Waals surface area contributed by atoms with Crippen LogP contribution in [0, 0.1) is 17.7 Å². The van der Waals surface area contributed by atoms with Gasteiger partial charge in [-0.3, -0.25) is 9.98 Å². The van der Waals surface area contributed by atoms with E-state index in [4.69, 9.17) is 15.2 Å². The number of pyridine rings is 1. The van der Waals surface area contributed by atoms with Gasteiger partial charge in [0.2, 0.25) is 0 Å². The molecular formula is C28H31FN6O3. The summed E-state index contributed by atoms with van der Waals surface area (Å²) < 4.78 is 27.2. The van der Waals surface area contributed by atoms with Crippen molar-refractivity contribution in [2.75, 3.05) is 25.1 Å². The molecule has 4 N–H and O–H groups in total. The molecule has 38 heavy (non-hydrogen) atoms. The SMILES string of the molecule is CC(CO)N=C/C(=C\N)C1C=C(O[C@H](C)C2COC2)c2c(ncnc2Nc2ccc3ncccc3c2F)C1. The lowest BCUT2D eigenvalue weighted by atomic mass is 9.87. The summed E-state index contributed by atoms with van der Waals surface area (Å²) in [6, 6.07) is 6.57. The van der Waals surface area contributed by atoms with Crippen LogP contribution in [0.25, 0.3) is 16.7 Å². The van der Waals surface area contributed by atoms with Crippen LogP contribution in [0.1, 0.15) is 25.1 Å². The van der Waals surface area contributed by atoms with Crippen LogP contribution in [0.15, 0.2) is 59.6 Å². The van der Waals surface area contributed by atoms with E-state index in [2.05, 4.69) is 25.3 Å². The Kier molecular flexibility index (Phi) is 7.62. The number of anilines is 2. The number of ether oxygens (including phenoxy) is 2. The first-order valence-electron chi connectivity index (χ1n) is 12.6. The van der Waals surface area contributed by atoms with Gasteiger partial charge in [-0.05, 0) is 56.0 Å². The second-order valence-electron chi connectivity index (χ2n) is 9.60. The average Bonchev–Trinajstić information content (AvgIpc) is 2.89. The van der Waals surface area contributed by atoms with Gasteiger partial charge >= 0.3 is 0 Å². The van der Waals surface area contributed by atoms with Crippen LogP contribution in [0.2, 0.25) is 0 Å². The van der Waals surface area contributed by atoms with Crippen molar-refractivity contribution in [2.24, 2.45) is 22.6 Å². The molecule has 0 spiro atoms. The van der Waals surface area contributed by atoms with Gasteiger partial charge in [-0.15, -0.1) is 0 Å². The molecule has 1 aliphatic carbocycles. The Morgan fingerprint density at radius 2 is 2.13 bits per heavy atom. The van der Waals surface area contributed by atoms with E-state index in [1.807, 2.05) is 19.9 Å². The van der Waals surface area contributed by atoms with Crippen molar-refractivity contribution in [2.45, 2.75) is 32.4 Å². The zero-order valence-electron chi connectivity index (χ0n) is 21.3. The van der Waals surface area contributed by atoms with Gasteiger partial charge in [-0.2, -0.15) is 0 Å². The molecule has 0 bridgehead atoms. The molecular weight excluding hydrogens is 487 g/mol. The highest BCUT2D eigenvalue weighted by Gasteiger charge is 2.32. The topological polar surface area (TPSA) is 128 Å². The number of aromatic nitrogens is 3. The van der Waals surface area contributed by atoms with Gasteiger partial charge in [0, 0.05) is 36.1 Å². The molecule has 198 valence electrons. The van der Waals surface area contributed by atoms with Crippen molar-refractivity contribution in [3.05, 3.63) is 71.7 Å². The first kappa shape index (κ1) is 25.7. The molecule has 5 rings (SSSR count). The summed E-state index contributed by atoms with van der Waals surface area (Å²) in [5.74, 6) is 0.728. The summed E-state index contributed by atoms with van der Waals surface area (Å²) in [5.41, 5.74) is 9.03. The van der Waals surface area contributed by atoms with Crippen LogP contribution < -0.4 is 11.1 Å². The van der Waals surface area contributed by atoms with E-state index in [1.54, 1.807) is 36.7 Å². The van der Waals surface area contributed by atoms with Crippen LogP contribution in [-0.4, -0.2) is 58.2 Å². The molecule has 3 aromatic rings. The molecule has 1 aromatic carbocycles. The van der Waals surface area contributed by atoms with E-state index < -0.39 is 5.82 Å². The maximum Gasteiger partial charge on any atom is 0.156 e. The lowest BCUT2D eigenvalue weighted by molar-refractivity contribution is -0.0844. The summed E-state index contributed by atoms with van der Waals surface area (Å²) in [6.07, 6.45) is 8.68. The Balaban J connectivity index is 1.52. The third-order valence-electron chi connectivity index (χ3n) is 6.91. The Labute approximate surface area is 220 Å². The molecule has 9 nitrogen and oxygen atoms in total. The second kappa shape index (κ2) is 11.2. The van der Waals surface area contributed by atoms with Crippen molar-refractivity contribution >= 4 is 34.4 Å². The largest absolute Gasteiger partial charge is 0.490 e. The predicted octanol–water partition coefficient (Wildman–Crippen LogP) is 3.77. The average molecular weight is 519 g/mol. The van der Waals surface area contributed by atoms with Gasteiger partial charge in [0.15, 0.2) is 5.82 Å². The smallest absolute Gasteiger partial charge is 0.156 e. The molecule has 10 heteroatoms.